The number of fused-ring (bicyclic) bond motifs is 5. The maximum Gasteiger partial charge on any atom is 0.167 e. The molecule has 0 saturated carbocycles. The van der Waals surface area contributed by atoms with Crippen molar-refractivity contribution < 1.29 is 4.74 Å². The highest BCUT2D eigenvalue weighted by Crippen LogP contribution is 2.52. The molecule has 0 saturated heterocycles. The molecule has 0 radical (unpaired) electrons. The van der Waals surface area contributed by atoms with Crippen LogP contribution in [-0.4, -0.2) is 19.5 Å². The van der Waals surface area contributed by atoms with E-state index in [0.717, 1.165) is 44.5 Å². The van der Waals surface area contributed by atoms with E-state index >= 15 is 0 Å². The lowest BCUT2D eigenvalue weighted by Crippen LogP contribution is -2.26. The van der Waals surface area contributed by atoms with Crippen molar-refractivity contribution in [3.05, 3.63) is 156 Å². The van der Waals surface area contributed by atoms with Gasteiger partial charge in [-0.3, -0.25) is 0 Å². The first kappa shape index (κ1) is 28.6. The zero-order chi connectivity index (χ0) is 33.1. The zero-order valence-electron chi connectivity index (χ0n) is 26.9. The lowest BCUT2D eigenvalue weighted by atomic mass is 9.73. The minimum absolute atomic E-state index is 0.480. The Morgan fingerprint density at radius 1 is 0.592 bits per heavy atom. The van der Waals surface area contributed by atoms with Crippen molar-refractivity contribution in [3.8, 4) is 57.4 Å². The second kappa shape index (κ2) is 11.0. The van der Waals surface area contributed by atoms with Gasteiger partial charge in [-0.2, -0.15) is 5.26 Å². The van der Waals surface area contributed by atoms with E-state index in [1.165, 1.54) is 10.8 Å². The van der Waals surface area contributed by atoms with Gasteiger partial charge < -0.3 is 9.30 Å². The third kappa shape index (κ3) is 4.51. The number of benzene rings is 6. The normalized spacial score (nSPS) is 13.0. The van der Waals surface area contributed by atoms with Crippen LogP contribution in [0.3, 0.4) is 0 Å². The van der Waals surface area contributed by atoms with Crippen LogP contribution in [0.25, 0.3) is 61.7 Å². The highest BCUT2D eigenvalue weighted by atomic mass is 16.5. The molecule has 6 nitrogen and oxygen atoms in total. The topological polar surface area (TPSA) is 76.6 Å². The molecule has 6 aromatic carbocycles. The van der Waals surface area contributed by atoms with E-state index in [9.17, 15) is 5.26 Å². The SMILES string of the molecule is CC1(C)c2cccc(-c3nc(-c4ccccc4)nc(-c4ccc(-n5c6ccccc6c6ccccc65)cc4)n3)c2Oc2cccc(C#N)c21. The van der Waals surface area contributed by atoms with Gasteiger partial charge in [0.2, 0.25) is 0 Å². The van der Waals surface area contributed by atoms with Gasteiger partial charge in [0.15, 0.2) is 17.5 Å². The van der Waals surface area contributed by atoms with Crippen molar-refractivity contribution in [2.45, 2.75) is 19.3 Å². The number of nitriles is 1. The second-order valence-corrected chi connectivity index (χ2v) is 12.8. The van der Waals surface area contributed by atoms with Gasteiger partial charge in [0, 0.05) is 44.1 Å². The van der Waals surface area contributed by atoms with Crippen molar-refractivity contribution in [2.75, 3.05) is 0 Å². The summed E-state index contributed by atoms with van der Waals surface area (Å²) in [5.41, 5.74) is 7.89. The molecule has 232 valence electrons. The molecule has 49 heavy (non-hydrogen) atoms. The summed E-state index contributed by atoms with van der Waals surface area (Å²) in [4.78, 5) is 15.1. The van der Waals surface area contributed by atoms with Gasteiger partial charge in [0.1, 0.15) is 11.5 Å². The summed E-state index contributed by atoms with van der Waals surface area (Å²) in [6.07, 6.45) is 0. The first-order chi connectivity index (χ1) is 24.0. The Kier molecular flexibility index (Phi) is 6.43. The molecule has 6 heteroatoms. The van der Waals surface area contributed by atoms with Crippen molar-refractivity contribution in [1.29, 1.82) is 5.26 Å². The molecule has 0 spiro atoms. The van der Waals surface area contributed by atoms with E-state index in [4.69, 9.17) is 19.7 Å². The molecule has 9 rings (SSSR count). The number of hydrogen-bond acceptors (Lipinski definition) is 5. The van der Waals surface area contributed by atoms with E-state index in [0.29, 0.717) is 34.5 Å². The zero-order valence-corrected chi connectivity index (χ0v) is 26.9. The molecule has 1 aliphatic rings. The fourth-order valence-corrected chi connectivity index (χ4v) is 7.22. The maximum atomic E-state index is 9.91. The Balaban J connectivity index is 1.20. The molecule has 0 bridgehead atoms. The van der Waals surface area contributed by atoms with Gasteiger partial charge >= 0.3 is 0 Å². The summed E-state index contributed by atoms with van der Waals surface area (Å²) in [6.45, 7) is 4.26. The van der Waals surface area contributed by atoms with Crippen molar-refractivity contribution in [1.82, 2.24) is 19.5 Å². The lowest BCUT2D eigenvalue weighted by Gasteiger charge is -2.35. The summed E-state index contributed by atoms with van der Waals surface area (Å²) < 4.78 is 8.90. The quantitative estimate of drug-likeness (QED) is 0.193. The summed E-state index contributed by atoms with van der Waals surface area (Å²) in [6, 6.07) is 49.4. The van der Waals surface area contributed by atoms with Gasteiger partial charge in [-0.1, -0.05) is 98.8 Å². The molecular formula is C43H29N5O. The molecular weight excluding hydrogens is 603 g/mol. The lowest BCUT2D eigenvalue weighted by molar-refractivity contribution is 0.418. The molecule has 0 fully saturated rings. The monoisotopic (exact) mass is 631 g/mol. The molecule has 8 aromatic rings. The minimum Gasteiger partial charge on any atom is -0.456 e. The molecule has 3 heterocycles. The number of ether oxygens (including phenoxy) is 1. The van der Waals surface area contributed by atoms with Crippen LogP contribution < -0.4 is 4.74 Å². The van der Waals surface area contributed by atoms with Crippen LogP contribution in [0.4, 0.5) is 0 Å². The summed E-state index contributed by atoms with van der Waals surface area (Å²) in [5.74, 6) is 3.02. The highest BCUT2D eigenvalue weighted by Gasteiger charge is 2.38. The Hall–Kier alpha value is -6.58. The predicted molar refractivity (Wildman–Crippen MR) is 194 cm³/mol. The largest absolute Gasteiger partial charge is 0.456 e. The smallest absolute Gasteiger partial charge is 0.167 e. The third-order valence-corrected chi connectivity index (χ3v) is 9.54. The fourth-order valence-electron chi connectivity index (χ4n) is 7.22. The fraction of sp³-hybridized carbons (Fsp3) is 0.0698. The average Bonchev–Trinajstić information content (AvgIpc) is 3.49. The van der Waals surface area contributed by atoms with E-state index in [1.54, 1.807) is 0 Å². The number of rotatable bonds is 4. The maximum absolute atomic E-state index is 9.91. The molecule has 0 N–H and O–H groups in total. The summed E-state index contributed by atoms with van der Waals surface area (Å²) in [7, 11) is 0. The molecule has 0 amide bonds. The average molecular weight is 632 g/mol. The standard InChI is InChI=1S/C43H29N5O/c1-43(2)34-18-11-17-33(39(34)49-37-21-10-14-29(26-44)38(37)43)42-46-40(27-12-4-3-5-13-27)45-41(47-42)28-22-24-30(25-23-28)48-35-19-8-6-15-31(35)32-16-7-9-20-36(32)48/h3-25H,1-2H3. The van der Waals surface area contributed by atoms with Gasteiger partial charge in [-0.05, 0) is 54.6 Å². The molecule has 1 aliphatic heterocycles. The summed E-state index contributed by atoms with van der Waals surface area (Å²) in [5, 5.41) is 12.4. The highest BCUT2D eigenvalue weighted by molar-refractivity contribution is 6.09. The number of para-hydroxylation sites is 3. The molecule has 0 unspecified atom stereocenters. The van der Waals surface area contributed by atoms with Gasteiger partial charge in [-0.25, -0.2) is 15.0 Å². The van der Waals surface area contributed by atoms with E-state index < -0.39 is 5.41 Å². The van der Waals surface area contributed by atoms with Crippen molar-refractivity contribution in [3.63, 3.8) is 0 Å². The summed E-state index contributed by atoms with van der Waals surface area (Å²) >= 11 is 0. The first-order valence-electron chi connectivity index (χ1n) is 16.3. The molecule has 0 atom stereocenters. The van der Waals surface area contributed by atoms with Crippen LogP contribution in [0.2, 0.25) is 0 Å². The predicted octanol–water partition coefficient (Wildman–Crippen LogP) is 10.3. The first-order valence-corrected chi connectivity index (χ1v) is 16.3. The van der Waals surface area contributed by atoms with E-state index in [1.807, 2.05) is 60.7 Å². The Morgan fingerprint density at radius 3 is 1.86 bits per heavy atom. The Morgan fingerprint density at radius 2 is 1.18 bits per heavy atom. The van der Waals surface area contributed by atoms with E-state index in [2.05, 4.69) is 103 Å². The van der Waals surface area contributed by atoms with Crippen molar-refractivity contribution >= 4 is 21.8 Å². The number of nitrogens with zero attached hydrogens (tertiary/aromatic N) is 5. The van der Waals surface area contributed by atoms with Crippen LogP contribution in [0.15, 0.2) is 140 Å². The molecule has 0 aliphatic carbocycles. The van der Waals surface area contributed by atoms with Gasteiger partial charge in [-0.15, -0.1) is 0 Å². The van der Waals surface area contributed by atoms with Crippen LogP contribution >= 0.6 is 0 Å². The van der Waals surface area contributed by atoms with Crippen molar-refractivity contribution in [2.24, 2.45) is 0 Å². The van der Waals surface area contributed by atoms with Crippen LogP contribution in [0.5, 0.6) is 11.5 Å². The Labute approximate surface area is 283 Å². The minimum atomic E-state index is -0.480. The van der Waals surface area contributed by atoms with Gasteiger partial charge in [0.05, 0.1) is 28.2 Å². The number of aromatic nitrogens is 4. The third-order valence-electron chi connectivity index (χ3n) is 9.54. The van der Waals surface area contributed by atoms with E-state index in [-0.39, 0.29) is 0 Å². The number of hydrogen-bond donors (Lipinski definition) is 0. The van der Waals surface area contributed by atoms with Crippen LogP contribution in [0, 0.1) is 11.3 Å². The molecule has 2 aromatic heterocycles. The second-order valence-electron chi connectivity index (χ2n) is 12.8. The van der Waals surface area contributed by atoms with Crippen LogP contribution in [-0.2, 0) is 5.41 Å². The Bertz CT molecular complexity index is 2560. The van der Waals surface area contributed by atoms with Gasteiger partial charge in [0.25, 0.3) is 0 Å². The van der Waals surface area contributed by atoms with Crippen LogP contribution in [0.1, 0.15) is 30.5 Å².